The summed E-state index contributed by atoms with van der Waals surface area (Å²) in [4.78, 5) is 0. The highest BCUT2D eigenvalue weighted by Gasteiger charge is 2.25. The van der Waals surface area contributed by atoms with E-state index < -0.39 is 0 Å². The van der Waals surface area contributed by atoms with Gasteiger partial charge < -0.3 is 10.1 Å². The molecule has 0 aromatic rings. The summed E-state index contributed by atoms with van der Waals surface area (Å²) < 4.78 is 6.15. The second kappa shape index (κ2) is 6.02. The predicted molar refractivity (Wildman–Crippen MR) is 71.8 cm³/mol. The molecule has 0 aromatic heterocycles. The molecule has 0 saturated carbocycles. The van der Waals surface area contributed by atoms with E-state index in [4.69, 9.17) is 4.74 Å². The summed E-state index contributed by atoms with van der Waals surface area (Å²) in [6.45, 7) is 15.5. The Balaban J connectivity index is 4.14. The van der Waals surface area contributed by atoms with Crippen molar-refractivity contribution in [1.29, 1.82) is 0 Å². The summed E-state index contributed by atoms with van der Waals surface area (Å²) in [6.07, 6.45) is 2.46. The van der Waals surface area contributed by atoms with E-state index >= 15 is 0 Å². The van der Waals surface area contributed by atoms with Crippen LogP contribution in [-0.4, -0.2) is 24.8 Å². The van der Waals surface area contributed by atoms with E-state index in [-0.39, 0.29) is 5.60 Å². The quantitative estimate of drug-likeness (QED) is 0.751. The van der Waals surface area contributed by atoms with Crippen molar-refractivity contribution < 1.29 is 4.74 Å². The fraction of sp³-hybridized carbons (Fsp3) is 1.00. The van der Waals surface area contributed by atoms with Crippen molar-refractivity contribution in [2.24, 2.45) is 5.41 Å². The van der Waals surface area contributed by atoms with E-state index in [0.29, 0.717) is 17.6 Å². The first-order valence-electron chi connectivity index (χ1n) is 6.41. The Labute approximate surface area is 102 Å². The second-order valence-electron chi connectivity index (χ2n) is 6.85. The van der Waals surface area contributed by atoms with Gasteiger partial charge in [0.05, 0.1) is 11.7 Å². The van der Waals surface area contributed by atoms with Crippen molar-refractivity contribution in [3.05, 3.63) is 0 Å². The molecular weight excluding hydrogens is 198 g/mol. The van der Waals surface area contributed by atoms with E-state index in [0.717, 1.165) is 12.8 Å². The molecule has 2 heteroatoms. The van der Waals surface area contributed by atoms with E-state index in [1.54, 1.807) is 0 Å². The lowest BCUT2D eigenvalue weighted by atomic mass is 9.89. The van der Waals surface area contributed by atoms with Gasteiger partial charge in [0.15, 0.2) is 0 Å². The molecule has 0 rings (SSSR count). The van der Waals surface area contributed by atoms with Gasteiger partial charge in [-0.15, -0.1) is 0 Å². The van der Waals surface area contributed by atoms with Crippen LogP contribution < -0.4 is 5.32 Å². The highest BCUT2D eigenvalue weighted by molar-refractivity contribution is 4.77. The largest absolute Gasteiger partial charge is 0.373 e. The molecule has 0 aliphatic rings. The van der Waals surface area contributed by atoms with Crippen LogP contribution in [0.5, 0.6) is 0 Å². The Morgan fingerprint density at radius 3 is 1.88 bits per heavy atom. The van der Waals surface area contributed by atoms with Crippen LogP contribution in [0.25, 0.3) is 0 Å². The lowest BCUT2D eigenvalue weighted by Crippen LogP contribution is -2.37. The first-order chi connectivity index (χ1) is 7.06. The molecule has 0 aliphatic carbocycles. The maximum absolute atomic E-state index is 6.15. The zero-order valence-corrected chi connectivity index (χ0v) is 12.5. The molecule has 0 fully saturated rings. The fourth-order valence-electron chi connectivity index (χ4n) is 2.34. The van der Waals surface area contributed by atoms with Crippen molar-refractivity contribution in [1.82, 2.24) is 5.32 Å². The van der Waals surface area contributed by atoms with Crippen molar-refractivity contribution in [2.75, 3.05) is 7.05 Å². The molecule has 2 unspecified atom stereocenters. The predicted octanol–water partition coefficient (Wildman–Crippen LogP) is 3.60. The molecule has 1 N–H and O–H groups in total. The van der Waals surface area contributed by atoms with Crippen molar-refractivity contribution in [3.8, 4) is 0 Å². The molecule has 0 aliphatic heterocycles. The minimum atomic E-state index is -0.0485. The molecule has 0 heterocycles. The number of hydrogen-bond acceptors (Lipinski definition) is 2. The van der Waals surface area contributed by atoms with E-state index in [9.17, 15) is 0 Å². The maximum Gasteiger partial charge on any atom is 0.0644 e. The normalized spacial score (nSPS) is 17.2. The van der Waals surface area contributed by atoms with Crippen LogP contribution >= 0.6 is 0 Å². The second-order valence-corrected chi connectivity index (χ2v) is 6.85. The summed E-state index contributed by atoms with van der Waals surface area (Å²) in [6, 6.07) is 0.497. The Morgan fingerprint density at radius 1 is 1.00 bits per heavy atom. The molecule has 0 bridgehead atoms. The van der Waals surface area contributed by atoms with Crippen LogP contribution in [0.1, 0.15) is 61.3 Å². The van der Waals surface area contributed by atoms with Gasteiger partial charge in [0.2, 0.25) is 0 Å². The van der Waals surface area contributed by atoms with Gasteiger partial charge in [-0.05, 0) is 53.0 Å². The first-order valence-corrected chi connectivity index (χ1v) is 6.41. The van der Waals surface area contributed by atoms with Crippen molar-refractivity contribution in [2.45, 2.75) is 79.1 Å². The summed E-state index contributed by atoms with van der Waals surface area (Å²) in [7, 11) is 2.00. The number of hydrogen-bond donors (Lipinski definition) is 1. The average Bonchev–Trinajstić information content (AvgIpc) is 1.97. The topological polar surface area (TPSA) is 21.3 Å². The molecule has 2 nitrogen and oxygen atoms in total. The summed E-state index contributed by atoms with van der Waals surface area (Å²) >= 11 is 0. The number of nitrogens with one attached hydrogen (secondary N) is 1. The van der Waals surface area contributed by atoms with Crippen LogP contribution in [0.3, 0.4) is 0 Å². The fourth-order valence-corrected chi connectivity index (χ4v) is 2.34. The minimum Gasteiger partial charge on any atom is -0.373 e. The molecule has 0 saturated heterocycles. The Bertz CT molecular complexity index is 193. The van der Waals surface area contributed by atoms with E-state index in [1.807, 2.05) is 7.05 Å². The van der Waals surface area contributed by atoms with Gasteiger partial charge in [0, 0.05) is 6.04 Å². The maximum atomic E-state index is 6.15. The van der Waals surface area contributed by atoms with E-state index in [2.05, 4.69) is 53.8 Å². The SMILES string of the molecule is CNC(C)CC(C)(C)OC(C)CC(C)(C)C. The van der Waals surface area contributed by atoms with Crippen LogP contribution in [0.2, 0.25) is 0 Å². The molecular formula is C14H31NO. The molecule has 2 atom stereocenters. The highest BCUT2D eigenvalue weighted by atomic mass is 16.5. The lowest BCUT2D eigenvalue weighted by Gasteiger charge is -2.34. The number of rotatable bonds is 6. The van der Waals surface area contributed by atoms with Crippen molar-refractivity contribution in [3.63, 3.8) is 0 Å². The van der Waals surface area contributed by atoms with Crippen LogP contribution in [0.4, 0.5) is 0 Å². The Kier molecular flexibility index (Phi) is 5.99. The first kappa shape index (κ1) is 15.9. The molecule has 0 spiro atoms. The third-order valence-corrected chi connectivity index (χ3v) is 2.71. The van der Waals surface area contributed by atoms with Gasteiger partial charge in [-0.1, -0.05) is 20.8 Å². The Morgan fingerprint density at radius 2 is 1.50 bits per heavy atom. The molecule has 98 valence electrons. The van der Waals surface area contributed by atoms with Gasteiger partial charge >= 0.3 is 0 Å². The Hall–Kier alpha value is -0.0800. The minimum absolute atomic E-state index is 0.0485. The summed E-state index contributed by atoms with van der Waals surface area (Å²) in [5, 5.41) is 3.26. The average molecular weight is 229 g/mol. The molecule has 0 aromatic carbocycles. The van der Waals surface area contributed by atoms with Gasteiger partial charge in [-0.3, -0.25) is 0 Å². The van der Waals surface area contributed by atoms with Crippen molar-refractivity contribution >= 4 is 0 Å². The van der Waals surface area contributed by atoms with Crippen LogP contribution in [0.15, 0.2) is 0 Å². The third kappa shape index (κ3) is 8.12. The third-order valence-electron chi connectivity index (χ3n) is 2.71. The van der Waals surface area contributed by atoms with E-state index in [1.165, 1.54) is 0 Å². The van der Waals surface area contributed by atoms with Crippen LogP contribution in [-0.2, 0) is 4.74 Å². The van der Waals surface area contributed by atoms with Gasteiger partial charge in [0.25, 0.3) is 0 Å². The standard InChI is InChI=1S/C14H31NO/c1-11(15-8)9-14(6,7)16-12(2)10-13(3,4)5/h11-12,15H,9-10H2,1-8H3. The summed E-state index contributed by atoms with van der Waals surface area (Å²) in [5.41, 5.74) is 0.289. The monoisotopic (exact) mass is 229 g/mol. The molecule has 0 amide bonds. The van der Waals surface area contributed by atoms with Crippen LogP contribution in [0, 0.1) is 5.41 Å². The van der Waals surface area contributed by atoms with Gasteiger partial charge in [0.1, 0.15) is 0 Å². The smallest absolute Gasteiger partial charge is 0.0644 e. The lowest BCUT2D eigenvalue weighted by molar-refractivity contribution is -0.0838. The zero-order chi connectivity index (χ0) is 13.0. The number of ether oxygens (including phenoxy) is 1. The highest BCUT2D eigenvalue weighted by Crippen LogP contribution is 2.26. The van der Waals surface area contributed by atoms with Gasteiger partial charge in [-0.25, -0.2) is 0 Å². The summed E-state index contributed by atoms with van der Waals surface area (Å²) in [5.74, 6) is 0. The van der Waals surface area contributed by atoms with Gasteiger partial charge in [-0.2, -0.15) is 0 Å². The zero-order valence-electron chi connectivity index (χ0n) is 12.5. The molecule has 16 heavy (non-hydrogen) atoms. The molecule has 0 radical (unpaired) electrons.